The highest BCUT2D eigenvalue weighted by molar-refractivity contribution is 5.98. The fraction of sp³-hybridized carbons (Fsp3) is 0.424. The molecule has 264 valence electrons. The van der Waals surface area contributed by atoms with Crippen LogP contribution in [0, 0.1) is 0 Å². The quantitative estimate of drug-likeness (QED) is 0.218. The second kappa shape index (κ2) is 15.0. The van der Waals surface area contributed by atoms with Gasteiger partial charge in [-0.2, -0.15) is 17.9 Å². The van der Waals surface area contributed by atoms with Gasteiger partial charge in [0, 0.05) is 33.1 Å². The van der Waals surface area contributed by atoms with Gasteiger partial charge in [-0.15, -0.1) is 0 Å². The van der Waals surface area contributed by atoms with Crippen LogP contribution in [0.2, 0.25) is 0 Å². The first-order valence-corrected chi connectivity index (χ1v) is 15.0. The maximum absolute atomic E-state index is 14.6. The van der Waals surface area contributed by atoms with Crippen molar-refractivity contribution in [3.8, 4) is 11.1 Å². The number of esters is 5. The Kier molecular flexibility index (Phi) is 11.2. The van der Waals surface area contributed by atoms with E-state index in [1.165, 1.54) is 19.9 Å². The monoisotopic (exact) mass is 693 g/mol. The first-order valence-electron chi connectivity index (χ1n) is 15.0. The minimum Gasteiger partial charge on any atom is -0.463 e. The largest absolute Gasteiger partial charge is 0.463 e. The van der Waals surface area contributed by atoms with Crippen molar-refractivity contribution in [1.29, 1.82) is 0 Å². The van der Waals surface area contributed by atoms with Crippen molar-refractivity contribution >= 4 is 40.7 Å². The Hall–Kier alpha value is -5.12. The number of alkyl halides is 3. The molecule has 3 aromatic rings. The molecular weight excluding hydrogens is 659 g/mol. The summed E-state index contributed by atoms with van der Waals surface area (Å²) < 4.78 is 77.0. The average Bonchev–Trinajstić information content (AvgIpc) is 3.35. The van der Waals surface area contributed by atoms with Gasteiger partial charge in [-0.3, -0.25) is 19.2 Å². The lowest BCUT2D eigenvalue weighted by Gasteiger charge is -2.43. The molecule has 1 saturated heterocycles. The summed E-state index contributed by atoms with van der Waals surface area (Å²) in [7, 11) is 0. The molecule has 1 aliphatic rings. The summed E-state index contributed by atoms with van der Waals surface area (Å²) in [4.78, 5) is 67.9. The van der Waals surface area contributed by atoms with Crippen molar-refractivity contribution in [3.63, 3.8) is 0 Å². The van der Waals surface area contributed by atoms with E-state index < -0.39 is 96.1 Å². The van der Waals surface area contributed by atoms with Crippen LogP contribution in [0.4, 0.5) is 13.2 Å². The smallest absolute Gasteiger partial charge is 0.417 e. The summed E-state index contributed by atoms with van der Waals surface area (Å²) in [6.45, 7) is 6.61. The SMILES string of the molecule is CC(=O)OC[C@H]1O[C@@H](On2c(C(=O)OC(C)C)cc3c(C(F)(F)F)cc(-c4ccccc4)cc32)[C@H](OC(C)=O)[C@@H](OC(C)=O)[C@@H]1OC(C)=O. The van der Waals surface area contributed by atoms with Gasteiger partial charge in [-0.1, -0.05) is 30.3 Å². The van der Waals surface area contributed by atoms with E-state index in [1.807, 2.05) is 0 Å². The Labute approximate surface area is 278 Å². The van der Waals surface area contributed by atoms with Gasteiger partial charge in [-0.05, 0) is 43.2 Å². The van der Waals surface area contributed by atoms with Gasteiger partial charge in [0.05, 0.1) is 17.2 Å². The van der Waals surface area contributed by atoms with Crippen LogP contribution < -0.4 is 4.84 Å². The highest BCUT2D eigenvalue weighted by Crippen LogP contribution is 2.40. The number of hydrogen-bond donors (Lipinski definition) is 0. The first kappa shape index (κ1) is 36.7. The van der Waals surface area contributed by atoms with E-state index in [0.717, 1.165) is 44.6 Å². The van der Waals surface area contributed by atoms with Crippen LogP contribution in [0.3, 0.4) is 0 Å². The zero-order valence-corrected chi connectivity index (χ0v) is 27.3. The fourth-order valence-electron chi connectivity index (χ4n) is 5.22. The third kappa shape index (κ3) is 8.87. The second-order valence-corrected chi connectivity index (χ2v) is 11.3. The van der Waals surface area contributed by atoms with Crippen molar-refractivity contribution in [2.45, 2.75) is 84.5 Å². The van der Waals surface area contributed by atoms with Gasteiger partial charge in [0.25, 0.3) is 6.29 Å². The molecule has 0 spiro atoms. The third-order valence-corrected chi connectivity index (χ3v) is 7.00. The van der Waals surface area contributed by atoms with Crippen molar-refractivity contribution in [3.05, 3.63) is 59.8 Å². The molecule has 49 heavy (non-hydrogen) atoms. The normalized spacial score (nSPS) is 20.7. The average molecular weight is 694 g/mol. The maximum atomic E-state index is 14.6. The van der Waals surface area contributed by atoms with Crippen LogP contribution in [-0.4, -0.2) is 78.0 Å². The Morgan fingerprint density at radius 1 is 0.796 bits per heavy atom. The standard InChI is InChI=1S/C33H34F3NO12/c1-16(2)44-31(42)26-14-23-24(33(34,35)36)12-22(21-10-8-7-9-11-21)13-25(23)37(26)49-32-30(47-20(6)41)29(46-19(5)40)28(45-18(4)39)27(48-32)15-43-17(3)38/h7-14,16,27-30,32H,15H2,1-6H3/t27-,28-,29+,30-,32+/m1/s1. The number of carbonyl (C=O) groups excluding carboxylic acids is 5. The molecule has 13 nitrogen and oxygen atoms in total. The minimum absolute atomic E-state index is 0.105. The van der Waals surface area contributed by atoms with Crippen LogP contribution >= 0.6 is 0 Å². The highest BCUT2D eigenvalue weighted by atomic mass is 19.4. The van der Waals surface area contributed by atoms with Gasteiger partial charge in [0.2, 0.25) is 6.10 Å². The summed E-state index contributed by atoms with van der Waals surface area (Å²) in [5, 5.41) is -0.450. The number of hydrogen-bond acceptors (Lipinski definition) is 12. The molecule has 0 bridgehead atoms. The molecule has 0 N–H and O–H groups in total. The topological polar surface area (TPSA) is 155 Å². The highest BCUT2D eigenvalue weighted by Gasteiger charge is 2.54. The van der Waals surface area contributed by atoms with Gasteiger partial charge in [-0.25, -0.2) is 4.79 Å². The van der Waals surface area contributed by atoms with E-state index in [-0.39, 0.29) is 11.1 Å². The van der Waals surface area contributed by atoms with Crippen LogP contribution in [0.5, 0.6) is 0 Å². The van der Waals surface area contributed by atoms with E-state index in [1.54, 1.807) is 30.3 Å². The number of carbonyl (C=O) groups is 5. The molecule has 1 aliphatic heterocycles. The molecule has 16 heteroatoms. The summed E-state index contributed by atoms with van der Waals surface area (Å²) in [5.74, 6) is -4.57. The van der Waals surface area contributed by atoms with Gasteiger partial charge < -0.3 is 33.3 Å². The lowest BCUT2D eigenvalue weighted by Crippen LogP contribution is -2.64. The lowest BCUT2D eigenvalue weighted by atomic mass is 9.98. The van der Waals surface area contributed by atoms with Crippen molar-refractivity contribution < 1.29 is 70.4 Å². The Bertz CT molecular complexity index is 1720. The number of nitrogens with zero attached hydrogens (tertiary/aromatic N) is 1. The summed E-state index contributed by atoms with van der Waals surface area (Å²) >= 11 is 0. The van der Waals surface area contributed by atoms with Crippen molar-refractivity contribution in [2.24, 2.45) is 0 Å². The number of benzene rings is 2. The van der Waals surface area contributed by atoms with Gasteiger partial charge in [0.1, 0.15) is 12.7 Å². The van der Waals surface area contributed by atoms with Crippen molar-refractivity contribution in [1.82, 2.24) is 4.73 Å². The van der Waals surface area contributed by atoms with E-state index >= 15 is 0 Å². The molecule has 5 atom stereocenters. The maximum Gasteiger partial charge on any atom is 0.417 e. The number of rotatable bonds is 10. The molecule has 2 heterocycles. The van der Waals surface area contributed by atoms with E-state index in [2.05, 4.69) is 0 Å². The van der Waals surface area contributed by atoms with E-state index in [4.69, 9.17) is 33.3 Å². The molecular formula is C33H34F3NO12. The summed E-state index contributed by atoms with van der Waals surface area (Å²) in [5.41, 5.74) is -1.37. The van der Waals surface area contributed by atoms with Crippen molar-refractivity contribution in [2.75, 3.05) is 6.61 Å². The molecule has 2 aromatic carbocycles. The zero-order valence-electron chi connectivity index (χ0n) is 27.3. The van der Waals surface area contributed by atoms with Crippen LogP contribution in [0.25, 0.3) is 22.0 Å². The number of ether oxygens (including phenoxy) is 6. The van der Waals surface area contributed by atoms with Crippen LogP contribution in [0.15, 0.2) is 48.5 Å². The minimum atomic E-state index is -4.90. The number of halogens is 3. The Morgan fingerprint density at radius 3 is 1.94 bits per heavy atom. The van der Waals surface area contributed by atoms with Crippen LogP contribution in [0.1, 0.15) is 57.6 Å². The van der Waals surface area contributed by atoms with Gasteiger partial charge in [0.15, 0.2) is 17.9 Å². The molecule has 0 amide bonds. The third-order valence-electron chi connectivity index (χ3n) is 7.00. The van der Waals surface area contributed by atoms with E-state index in [9.17, 15) is 37.1 Å². The van der Waals surface area contributed by atoms with Gasteiger partial charge >= 0.3 is 36.0 Å². The number of fused-ring (bicyclic) bond motifs is 1. The first-order chi connectivity index (χ1) is 23.0. The summed E-state index contributed by atoms with van der Waals surface area (Å²) in [6.07, 6.45) is -13.8. The molecule has 0 aliphatic carbocycles. The molecule has 1 aromatic heterocycles. The van der Waals surface area contributed by atoms with E-state index in [0.29, 0.717) is 5.56 Å². The Morgan fingerprint density at radius 2 is 1.39 bits per heavy atom. The fourth-order valence-corrected chi connectivity index (χ4v) is 5.22. The Balaban J connectivity index is 1.98. The molecule has 1 fully saturated rings. The number of aromatic nitrogens is 1. The molecule has 0 unspecified atom stereocenters. The lowest BCUT2D eigenvalue weighted by molar-refractivity contribution is -0.306. The predicted octanol–water partition coefficient (Wildman–Crippen LogP) is 4.40. The molecule has 0 radical (unpaired) electrons. The predicted molar refractivity (Wildman–Crippen MR) is 161 cm³/mol. The van der Waals surface area contributed by atoms with Crippen LogP contribution in [-0.2, 0) is 53.8 Å². The molecule has 0 saturated carbocycles. The zero-order chi connectivity index (χ0) is 36.2. The molecule has 4 rings (SSSR count). The second-order valence-electron chi connectivity index (χ2n) is 11.3. The summed E-state index contributed by atoms with van der Waals surface area (Å²) in [6, 6.07) is 11.3.